The summed E-state index contributed by atoms with van der Waals surface area (Å²) in [6.07, 6.45) is 1.94. The molecule has 0 fully saturated rings. The van der Waals surface area contributed by atoms with Crippen LogP contribution in [0, 0.1) is 0 Å². The van der Waals surface area contributed by atoms with Gasteiger partial charge in [0.2, 0.25) is 18.6 Å². The third kappa shape index (κ3) is 2.85. The van der Waals surface area contributed by atoms with Crippen molar-refractivity contribution >= 4 is 30.2 Å². The van der Waals surface area contributed by atoms with E-state index in [4.69, 9.17) is 11.6 Å². The van der Waals surface area contributed by atoms with Crippen LogP contribution >= 0.6 is 11.6 Å². The van der Waals surface area contributed by atoms with Gasteiger partial charge in [-0.25, -0.2) is 0 Å². The van der Waals surface area contributed by atoms with Crippen molar-refractivity contribution in [3.8, 4) is 0 Å². The molecule has 78 valence electrons. The second-order valence-corrected chi connectivity index (χ2v) is 3.05. The highest BCUT2D eigenvalue weighted by atomic mass is 35.5. The smallest absolute Gasteiger partial charge is 0.216 e. The summed E-state index contributed by atoms with van der Waals surface area (Å²) in [7, 11) is 0. The topological polar surface area (TPSA) is 67.3 Å². The Morgan fingerprint density at radius 1 is 1.47 bits per heavy atom. The van der Waals surface area contributed by atoms with E-state index in [9.17, 15) is 14.4 Å². The van der Waals surface area contributed by atoms with Gasteiger partial charge >= 0.3 is 0 Å². The molecule has 1 aromatic rings. The molecule has 15 heavy (non-hydrogen) atoms. The maximum Gasteiger partial charge on any atom is 0.216 e. The van der Waals surface area contributed by atoms with Gasteiger partial charge in [0.1, 0.15) is 5.69 Å². The molecule has 0 aliphatic rings. The molecule has 0 saturated heterocycles. The number of carbonyl (C=O) groups is 3. The predicted octanol–water partition coefficient (Wildman–Crippen LogP) is 0.532. The van der Waals surface area contributed by atoms with Crippen LogP contribution in [-0.2, 0) is 9.59 Å². The second kappa shape index (κ2) is 5.21. The minimum absolute atomic E-state index is 0.0490. The molecule has 5 nitrogen and oxygen atoms in total. The van der Waals surface area contributed by atoms with Crippen LogP contribution in [0.3, 0.4) is 0 Å². The van der Waals surface area contributed by atoms with Gasteiger partial charge in [-0.1, -0.05) is 11.6 Å². The first-order valence-corrected chi connectivity index (χ1v) is 4.37. The monoisotopic (exact) mass is 226 g/mol. The maximum atomic E-state index is 11.5. The number of pyridine rings is 1. The summed E-state index contributed by atoms with van der Waals surface area (Å²) in [6.45, 7) is -0.357. The lowest BCUT2D eigenvalue weighted by atomic mass is 10.2. The Labute approximate surface area is 90.7 Å². The van der Waals surface area contributed by atoms with Crippen molar-refractivity contribution < 1.29 is 14.4 Å². The van der Waals surface area contributed by atoms with Gasteiger partial charge in [0.15, 0.2) is 0 Å². The molecular weight excluding hydrogens is 220 g/mol. The lowest BCUT2D eigenvalue weighted by Gasteiger charge is -2.07. The van der Waals surface area contributed by atoms with E-state index in [1.165, 1.54) is 12.3 Å². The highest BCUT2D eigenvalue weighted by Gasteiger charge is 2.14. The molecule has 0 spiro atoms. The molecule has 2 amide bonds. The lowest BCUT2D eigenvalue weighted by Crippen LogP contribution is -2.27. The molecule has 0 N–H and O–H groups in total. The van der Waals surface area contributed by atoms with Crippen LogP contribution in [-0.4, -0.2) is 35.0 Å². The Balaban J connectivity index is 2.81. The van der Waals surface area contributed by atoms with Crippen LogP contribution in [0.2, 0.25) is 5.02 Å². The summed E-state index contributed by atoms with van der Waals surface area (Å²) < 4.78 is 0. The van der Waals surface area contributed by atoms with Crippen LogP contribution in [0.1, 0.15) is 10.5 Å². The number of nitrogens with zero attached hydrogens (tertiary/aromatic N) is 2. The zero-order valence-electron chi connectivity index (χ0n) is 7.59. The summed E-state index contributed by atoms with van der Waals surface area (Å²) in [5, 5.41) is 0.194. The van der Waals surface area contributed by atoms with Gasteiger partial charge in [-0.2, -0.15) is 0 Å². The summed E-state index contributed by atoms with van der Waals surface area (Å²) in [4.78, 5) is 36.5. The van der Waals surface area contributed by atoms with Gasteiger partial charge in [0.05, 0.1) is 11.6 Å². The van der Waals surface area contributed by atoms with Gasteiger partial charge in [0.25, 0.3) is 0 Å². The third-order valence-corrected chi connectivity index (χ3v) is 1.92. The molecule has 0 atom stereocenters. The van der Waals surface area contributed by atoms with Crippen LogP contribution in [0.25, 0.3) is 0 Å². The molecule has 0 radical (unpaired) electrons. The van der Waals surface area contributed by atoms with E-state index < -0.39 is 5.78 Å². The van der Waals surface area contributed by atoms with Gasteiger partial charge < -0.3 is 0 Å². The Hall–Kier alpha value is -1.75. The van der Waals surface area contributed by atoms with Gasteiger partial charge in [0, 0.05) is 6.20 Å². The van der Waals surface area contributed by atoms with E-state index in [1.807, 2.05) is 0 Å². The van der Waals surface area contributed by atoms with Crippen molar-refractivity contribution in [2.24, 2.45) is 0 Å². The van der Waals surface area contributed by atoms with E-state index >= 15 is 0 Å². The predicted molar refractivity (Wildman–Crippen MR) is 52.4 cm³/mol. The Kier molecular flexibility index (Phi) is 3.93. The van der Waals surface area contributed by atoms with Crippen molar-refractivity contribution in [2.45, 2.75) is 0 Å². The highest BCUT2D eigenvalue weighted by molar-refractivity contribution is 6.33. The van der Waals surface area contributed by atoms with E-state index in [0.29, 0.717) is 4.90 Å². The van der Waals surface area contributed by atoms with Gasteiger partial charge in [-0.15, -0.1) is 0 Å². The van der Waals surface area contributed by atoms with Crippen LogP contribution in [0.5, 0.6) is 0 Å². The minimum Gasteiger partial charge on any atom is -0.290 e. The Bertz CT molecular complexity index is 387. The molecule has 0 aliphatic heterocycles. The fourth-order valence-corrected chi connectivity index (χ4v) is 1.16. The van der Waals surface area contributed by atoms with Gasteiger partial charge in [-0.3, -0.25) is 24.3 Å². The Morgan fingerprint density at radius 3 is 2.67 bits per heavy atom. The molecule has 0 bridgehead atoms. The lowest BCUT2D eigenvalue weighted by molar-refractivity contribution is -0.128. The standard InChI is InChI=1S/C9H7ClN2O3/c10-7-2-1-3-11-9(7)8(15)4-12(5-13)6-14/h1-3,5-6H,4H2. The number of hydrogen-bond donors (Lipinski definition) is 0. The fraction of sp³-hybridized carbons (Fsp3) is 0.111. The Morgan fingerprint density at radius 2 is 2.13 bits per heavy atom. The number of ketones is 1. The number of halogens is 1. The summed E-state index contributed by atoms with van der Waals surface area (Å²) in [6, 6.07) is 3.09. The molecule has 1 aromatic heterocycles. The third-order valence-electron chi connectivity index (χ3n) is 1.62. The van der Waals surface area contributed by atoms with Crippen molar-refractivity contribution in [1.29, 1.82) is 0 Å². The number of aromatic nitrogens is 1. The van der Waals surface area contributed by atoms with E-state index in [-0.39, 0.29) is 30.1 Å². The normalized spacial score (nSPS) is 9.40. The summed E-state index contributed by atoms with van der Waals surface area (Å²) in [5.41, 5.74) is 0.0490. The van der Waals surface area contributed by atoms with E-state index in [0.717, 1.165) is 0 Å². The number of imide groups is 1. The van der Waals surface area contributed by atoms with Crippen molar-refractivity contribution in [2.75, 3.05) is 6.54 Å². The number of carbonyl (C=O) groups excluding carboxylic acids is 3. The first-order valence-electron chi connectivity index (χ1n) is 3.99. The quantitative estimate of drug-likeness (QED) is 0.543. The molecule has 1 heterocycles. The molecular formula is C9H7ClN2O3. The molecule has 0 aromatic carbocycles. The van der Waals surface area contributed by atoms with Crippen LogP contribution < -0.4 is 0 Å². The van der Waals surface area contributed by atoms with Crippen LogP contribution in [0.4, 0.5) is 0 Å². The second-order valence-electron chi connectivity index (χ2n) is 2.64. The molecule has 0 aliphatic carbocycles. The van der Waals surface area contributed by atoms with Crippen molar-refractivity contribution in [3.05, 3.63) is 29.0 Å². The van der Waals surface area contributed by atoms with Crippen molar-refractivity contribution in [1.82, 2.24) is 9.88 Å². The minimum atomic E-state index is -0.486. The number of amides is 2. The van der Waals surface area contributed by atoms with E-state index in [1.54, 1.807) is 6.07 Å². The maximum absolute atomic E-state index is 11.5. The number of hydrogen-bond acceptors (Lipinski definition) is 4. The first kappa shape index (κ1) is 11.3. The van der Waals surface area contributed by atoms with Crippen LogP contribution in [0.15, 0.2) is 18.3 Å². The van der Waals surface area contributed by atoms with E-state index in [2.05, 4.69) is 4.98 Å². The van der Waals surface area contributed by atoms with Gasteiger partial charge in [-0.05, 0) is 12.1 Å². The van der Waals surface area contributed by atoms with Crippen molar-refractivity contribution in [3.63, 3.8) is 0 Å². The fourth-order valence-electron chi connectivity index (χ4n) is 0.931. The zero-order chi connectivity index (χ0) is 11.3. The zero-order valence-corrected chi connectivity index (χ0v) is 8.35. The largest absolute Gasteiger partial charge is 0.290 e. The average Bonchev–Trinajstić information content (AvgIpc) is 2.26. The number of Topliss-reactive ketones (excluding diaryl/α,β-unsaturated/α-hetero) is 1. The average molecular weight is 227 g/mol. The molecule has 0 saturated carbocycles. The molecule has 1 rings (SSSR count). The molecule has 6 heteroatoms. The molecule has 0 unspecified atom stereocenters. The summed E-state index contributed by atoms with van der Waals surface area (Å²) >= 11 is 5.71. The first-order chi connectivity index (χ1) is 7.19. The number of rotatable bonds is 5. The SMILES string of the molecule is O=CN(C=O)CC(=O)c1ncccc1Cl. The summed E-state index contributed by atoms with van der Waals surface area (Å²) in [5.74, 6) is -0.486. The highest BCUT2D eigenvalue weighted by Crippen LogP contribution is 2.12.